The first kappa shape index (κ1) is 22.8. The van der Waals surface area contributed by atoms with E-state index in [2.05, 4.69) is 17.2 Å². The zero-order valence-electron chi connectivity index (χ0n) is 19.6. The van der Waals surface area contributed by atoms with E-state index in [0.717, 1.165) is 44.6 Å². The van der Waals surface area contributed by atoms with Crippen molar-refractivity contribution in [1.29, 1.82) is 0 Å². The normalized spacial score (nSPS) is 23.1. The van der Waals surface area contributed by atoms with Crippen molar-refractivity contribution < 1.29 is 9.13 Å². The third kappa shape index (κ3) is 5.06. The van der Waals surface area contributed by atoms with E-state index in [1.165, 1.54) is 25.0 Å². The van der Waals surface area contributed by atoms with Crippen molar-refractivity contribution in [3.05, 3.63) is 59.0 Å². The molecule has 180 valence electrons. The molecule has 1 atom stereocenters. The Bertz CT molecular complexity index is 1160. The predicted molar refractivity (Wildman–Crippen MR) is 130 cm³/mol. The highest BCUT2D eigenvalue weighted by Crippen LogP contribution is 2.26. The molecule has 3 aromatic rings. The molecule has 1 aliphatic heterocycles. The average molecular weight is 466 g/mol. The van der Waals surface area contributed by atoms with Crippen LogP contribution in [0, 0.1) is 11.7 Å². The van der Waals surface area contributed by atoms with Gasteiger partial charge in [0.05, 0.1) is 29.7 Å². The molecular weight excluding hydrogens is 433 g/mol. The molecule has 0 spiro atoms. The number of rotatable bonds is 6. The van der Waals surface area contributed by atoms with E-state index in [4.69, 9.17) is 9.72 Å². The summed E-state index contributed by atoms with van der Waals surface area (Å²) in [6.07, 6.45) is 11.3. The number of hydrogen-bond acceptors (Lipinski definition) is 5. The Balaban J connectivity index is 1.48. The van der Waals surface area contributed by atoms with Crippen molar-refractivity contribution in [2.24, 2.45) is 5.92 Å². The summed E-state index contributed by atoms with van der Waals surface area (Å²) in [6.45, 7) is 3.51. The Hall–Kier alpha value is -3.00. The number of nitrogens with zero attached hydrogens (tertiary/aromatic N) is 4. The standard InChI is InChI=1S/C26H32FN5O2/c1-18-5-9-20(10-6-18)29-25-28-14-13-23(30-25)24-17-31(16-22-4-2-3-15-34-22)26(33)32(24)21-11-7-19(27)8-12-21/h7-8,11-14,17-18,20,22H,2-6,9-10,15-16H2,1H3,(H,28,29,30)/t18-,20-,22?. The zero-order valence-corrected chi connectivity index (χ0v) is 19.6. The fraction of sp³-hybridized carbons (Fsp3) is 0.500. The van der Waals surface area contributed by atoms with E-state index in [0.29, 0.717) is 35.6 Å². The molecule has 34 heavy (non-hydrogen) atoms. The summed E-state index contributed by atoms with van der Waals surface area (Å²) in [6, 6.07) is 8.13. The van der Waals surface area contributed by atoms with E-state index in [9.17, 15) is 9.18 Å². The summed E-state index contributed by atoms with van der Waals surface area (Å²) in [4.78, 5) is 22.7. The minimum Gasteiger partial charge on any atom is -0.376 e. The van der Waals surface area contributed by atoms with E-state index in [1.807, 2.05) is 12.3 Å². The molecule has 1 aromatic carbocycles. The smallest absolute Gasteiger partial charge is 0.333 e. The molecule has 7 nitrogen and oxygen atoms in total. The van der Waals surface area contributed by atoms with Crippen molar-refractivity contribution >= 4 is 5.95 Å². The summed E-state index contributed by atoms with van der Waals surface area (Å²) in [7, 11) is 0. The molecule has 1 saturated heterocycles. The first-order valence-electron chi connectivity index (χ1n) is 12.4. The van der Waals surface area contributed by atoms with Crippen LogP contribution in [-0.2, 0) is 11.3 Å². The van der Waals surface area contributed by atoms with E-state index < -0.39 is 0 Å². The number of halogens is 1. The maximum absolute atomic E-state index is 13.6. The van der Waals surface area contributed by atoms with Crippen molar-refractivity contribution in [2.45, 2.75) is 70.6 Å². The molecule has 1 unspecified atom stereocenters. The molecule has 0 radical (unpaired) electrons. The molecular formula is C26H32FN5O2. The lowest BCUT2D eigenvalue weighted by Gasteiger charge is -2.26. The fourth-order valence-electron chi connectivity index (χ4n) is 4.97. The number of hydrogen-bond donors (Lipinski definition) is 1. The SMILES string of the molecule is C[C@H]1CC[C@H](Nc2nccc(-c3cn(CC4CCCCO4)c(=O)n3-c3ccc(F)cc3)n2)CC1. The van der Waals surface area contributed by atoms with Gasteiger partial charge >= 0.3 is 5.69 Å². The predicted octanol–water partition coefficient (Wildman–Crippen LogP) is 4.79. The third-order valence-corrected chi connectivity index (χ3v) is 6.98. The molecule has 1 saturated carbocycles. The Morgan fingerprint density at radius 2 is 1.88 bits per heavy atom. The monoisotopic (exact) mass is 465 g/mol. The van der Waals surface area contributed by atoms with Gasteiger partial charge in [-0.2, -0.15) is 0 Å². The first-order chi connectivity index (χ1) is 16.6. The van der Waals surface area contributed by atoms with Crippen molar-refractivity contribution in [3.63, 3.8) is 0 Å². The van der Waals surface area contributed by atoms with Gasteiger partial charge in [-0.1, -0.05) is 6.92 Å². The van der Waals surface area contributed by atoms with Crippen LogP contribution in [0.2, 0.25) is 0 Å². The number of aromatic nitrogens is 4. The fourth-order valence-corrected chi connectivity index (χ4v) is 4.97. The van der Waals surface area contributed by atoms with E-state index >= 15 is 0 Å². The van der Waals surface area contributed by atoms with Gasteiger partial charge in [0, 0.05) is 25.0 Å². The summed E-state index contributed by atoms with van der Waals surface area (Å²) < 4.78 is 22.8. The molecule has 0 bridgehead atoms. The molecule has 3 heterocycles. The second-order valence-electron chi connectivity index (χ2n) is 9.62. The van der Waals surface area contributed by atoms with E-state index in [1.54, 1.807) is 27.5 Å². The Morgan fingerprint density at radius 1 is 1.09 bits per heavy atom. The number of benzene rings is 1. The van der Waals surface area contributed by atoms with Gasteiger partial charge in [-0.25, -0.2) is 19.2 Å². The number of ether oxygens (including phenoxy) is 1. The van der Waals surface area contributed by atoms with Crippen molar-refractivity contribution in [3.8, 4) is 17.1 Å². The number of anilines is 1. The second-order valence-corrected chi connectivity index (χ2v) is 9.62. The van der Waals surface area contributed by atoms with Crippen LogP contribution < -0.4 is 11.0 Å². The largest absolute Gasteiger partial charge is 0.376 e. The number of imidazole rings is 1. The maximum Gasteiger partial charge on any atom is 0.333 e. The van der Waals surface area contributed by atoms with Gasteiger partial charge in [0.1, 0.15) is 5.82 Å². The Labute approximate surface area is 199 Å². The molecule has 1 aliphatic carbocycles. The highest BCUT2D eigenvalue weighted by molar-refractivity contribution is 5.59. The van der Waals surface area contributed by atoms with Crippen LogP contribution in [0.25, 0.3) is 17.1 Å². The Morgan fingerprint density at radius 3 is 2.62 bits per heavy atom. The van der Waals surface area contributed by atoms with Gasteiger partial charge in [0.2, 0.25) is 5.95 Å². The highest BCUT2D eigenvalue weighted by Gasteiger charge is 2.22. The summed E-state index contributed by atoms with van der Waals surface area (Å²) in [5.74, 6) is 0.991. The second kappa shape index (κ2) is 10.1. The average Bonchev–Trinajstić information content (AvgIpc) is 3.18. The van der Waals surface area contributed by atoms with Crippen LogP contribution >= 0.6 is 0 Å². The van der Waals surface area contributed by atoms with Gasteiger partial charge in [0.15, 0.2) is 0 Å². The minimum atomic E-state index is -0.344. The highest BCUT2D eigenvalue weighted by atomic mass is 19.1. The molecule has 2 fully saturated rings. The molecule has 1 N–H and O–H groups in total. The molecule has 8 heteroatoms. The van der Waals surface area contributed by atoms with Gasteiger partial charge in [-0.3, -0.25) is 9.13 Å². The minimum absolute atomic E-state index is 0.0136. The lowest BCUT2D eigenvalue weighted by molar-refractivity contribution is 0.00543. The van der Waals surface area contributed by atoms with Crippen LogP contribution in [0.3, 0.4) is 0 Å². The van der Waals surface area contributed by atoms with Gasteiger partial charge in [0.25, 0.3) is 0 Å². The molecule has 5 rings (SSSR count). The third-order valence-electron chi connectivity index (χ3n) is 6.98. The maximum atomic E-state index is 13.6. The van der Waals surface area contributed by atoms with Crippen LogP contribution in [0.5, 0.6) is 0 Å². The lowest BCUT2D eigenvalue weighted by atomic mass is 9.87. The van der Waals surface area contributed by atoms with Gasteiger partial charge in [-0.15, -0.1) is 0 Å². The summed E-state index contributed by atoms with van der Waals surface area (Å²) >= 11 is 0. The van der Waals surface area contributed by atoms with E-state index in [-0.39, 0.29) is 17.6 Å². The van der Waals surface area contributed by atoms with Crippen LogP contribution in [-0.4, -0.2) is 37.9 Å². The summed E-state index contributed by atoms with van der Waals surface area (Å²) in [5, 5.41) is 3.48. The molecule has 2 aromatic heterocycles. The molecule has 2 aliphatic rings. The quantitative estimate of drug-likeness (QED) is 0.566. The lowest BCUT2D eigenvalue weighted by Crippen LogP contribution is -2.31. The number of nitrogens with one attached hydrogen (secondary N) is 1. The molecule has 0 amide bonds. The van der Waals surface area contributed by atoms with Crippen LogP contribution in [0.1, 0.15) is 51.9 Å². The van der Waals surface area contributed by atoms with Gasteiger partial charge < -0.3 is 10.1 Å². The van der Waals surface area contributed by atoms with Crippen molar-refractivity contribution in [2.75, 3.05) is 11.9 Å². The zero-order chi connectivity index (χ0) is 23.5. The first-order valence-corrected chi connectivity index (χ1v) is 12.4. The van der Waals surface area contributed by atoms with Crippen LogP contribution in [0.15, 0.2) is 47.5 Å². The van der Waals surface area contributed by atoms with Crippen molar-refractivity contribution in [1.82, 2.24) is 19.1 Å². The van der Waals surface area contributed by atoms with Crippen LogP contribution in [0.4, 0.5) is 10.3 Å². The van der Waals surface area contributed by atoms with Gasteiger partial charge in [-0.05, 0) is 81.2 Å². The topological polar surface area (TPSA) is 74.0 Å². The Kier molecular flexibility index (Phi) is 6.76. The summed E-state index contributed by atoms with van der Waals surface area (Å²) in [5.41, 5.74) is 1.70.